The Hall–Kier alpha value is -2.61. The van der Waals surface area contributed by atoms with Crippen LogP contribution in [-0.4, -0.2) is 18.4 Å². The third-order valence-corrected chi connectivity index (χ3v) is 3.92. The first-order valence-electron chi connectivity index (χ1n) is 5.78. The van der Waals surface area contributed by atoms with Crippen molar-refractivity contribution in [2.75, 3.05) is 0 Å². The average molecular weight is 309 g/mol. The van der Waals surface area contributed by atoms with E-state index in [2.05, 4.69) is 0 Å². The van der Waals surface area contributed by atoms with Crippen molar-refractivity contribution in [3.63, 3.8) is 0 Å². The molecule has 0 saturated heterocycles. The van der Waals surface area contributed by atoms with Crippen molar-refractivity contribution >= 4 is 15.8 Å². The molecule has 0 amide bonds. The number of benzene rings is 2. The summed E-state index contributed by atoms with van der Waals surface area (Å²) in [5, 5.41) is 20.0. The summed E-state index contributed by atoms with van der Waals surface area (Å²) in [6, 6.07) is 8.95. The Kier molecular flexibility index (Phi) is 3.81. The van der Waals surface area contributed by atoms with Gasteiger partial charge in [-0.3, -0.25) is 10.1 Å². The number of aromatic hydroxyl groups is 1. The fourth-order valence-electron chi connectivity index (χ4n) is 1.59. The van der Waals surface area contributed by atoms with Gasteiger partial charge in [-0.1, -0.05) is 17.7 Å². The summed E-state index contributed by atoms with van der Waals surface area (Å²) in [5.41, 5.74) is 0.358. The van der Waals surface area contributed by atoms with E-state index in [0.717, 1.165) is 23.8 Å². The van der Waals surface area contributed by atoms with Gasteiger partial charge in [0.15, 0.2) is 5.75 Å². The molecule has 0 bridgehead atoms. The van der Waals surface area contributed by atoms with Gasteiger partial charge >= 0.3 is 15.8 Å². The van der Waals surface area contributed by atoms with Crippen LogP contribution in [0.3, 0.4) is 0 Å². The molecule has 2 aromatic rings. The van der Waals surface area contributed by atoms with Crippen molar-refractivity contribution in [2.45, 2.75) is 11.8 Å². The van der Waals surface area contributed by atoms with Crippen molar-refractivity contribution < 1.29 is 22.6 Å². The number of phenols is 1. The van der Waals surface area contributed by atoms with Crippen LogP contribution in [0, 0.1) is 17.0 Å². The smallest absolute Gasteiger partial charge is 0.339 e. The third-order valence-electron chi connectivity index (χ3n) is 2.66. The Morgan fingerprint density at radius 3 is 2.29 bits per heavy atom. The molecule has 2 rings (SSSR count). The van der Waals surface area contributed by atoms with Gasteiger partial charge in [0.1, 0.15) is 10.6 Å². The molecule has 0 fully saturated rings. The maximum absolute atomic E-state index is 12.0. The fraction of sp³-hybridized carbons (Fsp3) is 0.0769. The maximum Gasteiger partial charge on any atom is 0.339 e. The second-order valence-electron chi connectivity index (χ2n) is 4.26. The lowest BCUT2D eigenvalue weighted by Crippen LogP contribution is -2.09. The highest BCUT2D eigenvalue weighted by atomic mass is 32.2. The van der Waals surface area contributed by atoms with Gasteiger partial charge in [0.05, 0.1) is 4.92 Å². The van der Waals surface area contributed by atoms with E-state index in [9.17, 15) is 23.6 Å². The minimum Gasteiger partial charge on any atom is -0.502 e. The van der Waals surface area contributed by atoms with Crippen molar-refractivity contribution in [3.8, 4) is 11.5 Å². The molecule has 21 heavy (non-hydrogen) atoms. The molecule has 0 unspecified atom stereocenters. The zero-order valence-corrected chi connectivity index (χ0v) is 11.7. The normalized spacial score (nSPS) is 11.1. The Balaban J connectivity index is 2.31. The van der Waals surface area contributed by atoms with Crippen LogP contribution in [0.25, 0.3) is 0 Å². The monoisotopic (exact) mass is 309 g/mol. The number of hydrogen-bond acceptors (Lipinski definition) is 6. The van der Waals surface area contributed by atoms with Gasteiger partial charge in [-0.2, -0.15) is 8.42 Å². The molecule has 0 saturated carbocycles. The average Bonchev–Trinajstić information content (AvgIpc) is 2.38. The maximum atomic E-state index is 12.0. The molecular formula is C13H11NO6S. The Morgan fingerprint density at radius 1 is 1.14 bits per heavy atom. The van der Waals surface area contributed by atoms with Gasteiger partial charge in [-0.15, -0.1) is 0 Å². The Morgan fingerprint density at radius 2 is 1.76 bits per heavy atom. The predicted octanol–water partition coefficient (Wildman–Crippen LogP) is 2.38. The van der Waals surface area contributed by atoms with Gasteiger partial charge in [0, 0.05) is 12.1 Å². The summed E-state index contributed by atoms with van der Waals surface area (Å²) >= 11 is 0. The number of nitro groups is 1. The molecule has 0 aliphatic rings. The second-order valence-corrected chi connectivity index (χ2v) is 5.80. The van der Waals surface area contributed by atoms with Gasteiger partial charge < -0.3 is 9.29 Å². The number of hydrogen-bond donors (Lipinski definition) is 1. The van der Waals surface area contributed by atoms with Crippen molar-refractivity contribution in [1.29, 1.82) is 0 Å². The van der Waals surface area contributed by atoms with Crippen LogP contribution in [0.15, 0.2) is 47.4 Å². The lowest BCUT2D eigenvalue weighted by Gasteiger charge is -2.07. The molecule has 110 valence electrons. The summed E-state index contributed by atoms with van der Waals surface area (Å²) in [5.74, 6) is -0.879. The topological polar surface area (TPSA) is 107 Å². The number of aryl methyl sites for hydroxylation is 1. The molecule has 2 aromatic carbocycles. The molecule has 0 atom stereocenters. The highest BCUT2D eigenvalue weighted by Gasteiger charge is 2.19. The number of rotatable bonds is 4. The summed E-state index contributed by atoms with van der Waals surface area (Å²) < 4.78 is 28.8. The van der Waals surface area contributed by atoms with E-state index >= 15 is 0 Å². The third kappa shape index (κ3) is 3.29. The lowest BCUT2D eigenvalue weighted by molar-refractivity contribution is -0.385. The number of nitrogens with zero attached hydrogens (tertiary/aromatic N) is 1. The van der Waals surface area contributed by atoms with Crippen LogP contribution < -0.4 is 4.18 Å². The standard InChI is InChI=1S/C13H11NO6S/c1-9-2-5-11(6-3-9)21(18,19)20-10-4-7-12(14(16)17)13(15)8-10/h2-8,15H,1H3. The van der Waals surface area contributed by atoms with Crippen LogP contribution >= 0.6 is 0 Å². The molecule has 0 aromatic heterocycles. The molecule has 0 spiro atoms. The van der Waals surface area contributed by atoms with Crippen LogP contribution in [0.5, 0.6) is 11.5 Å². The lowest BCUT2D eigenvalue weighted by atomic mass is 10.2. The number of phenolic OH excluding ortho intramolecular Hbond substituents is 1. The predicted molar refractivity (Wildman–Crippen MR) is 73.8 cm³/mol. The molecule has 8 heteroatoms. The van der Waals surface area contributed by atoms with E-state index in [1.165, 1.54) is 12.1 Å². The van der Waals surface area contributed by atoms with Crippen LogP contribution in [0.4, 0.5) is 5.69 Å². The van der Waals surface area contributed by atoms with Gasteiger partial charge in [0.2, 0.25) is 0 Å². The molecule has 0 radical (unpaired) electrons. The summed E-state index contributed by atoms with van der Waals surface area (Å²) in [7, 11) is -4.06. The molecule has 1 N–H and O–H groups in total. The highest BCUT2D eigenvalue weighted by molar-refractivity contribution is 7.87. The van der Waals surface area contributed by atoms with Crippen LogP contribution in [0.2, 0.25) is 0 Å². The second kappa shape index (κ2) is 5.41. The van der Waals surface area contributed by atoms with Crippen molar-refractivity contribution in [2.24, 2.45) is 0 Å². The zero-order chi connectivity index (χ0) is 15.6. The summed E-state index contributed by atoms with van der Waals surface area (Å²) in [4.78, 5) is 9.72. The molecule has 0 aliphatic carbocycles. The minimum atomic E-state index is -4.06. The molecular weight excluding hydrogens is 298 g/mol. The first kappa shape index (κ1) is 14.8. The van der Waals surface area contributed by atoms with E-state index in [-0.39, 0.29) is 10.6 Å². The molecule has 0 aliphatic heterocycles. The van der Waals surface area contributed by atoms with Gasteiger partial charge in [-0.25, -0.2) is 0 Å². The van der Waals surface area contributed by atoms with E-state index < -0.39 is 26.5 Å². The van der Waals surface area contributed by atoms with E-state index in [1.807, 2.05) is 6.92 Å². The largest absolute Gasteiger partial charge is 0.502 e. The summed E-state index contributed by atoms with van der Waals surface area (Å²) in [6.45, 7) is 1.81. The fourth-order valence-corrected chi connectivity index (χ4v) is 2.51. The van der Waals surface area contributed by atoms with E-state index in [4.69, 9.17) is 4.18 Å². The Bertz CT molecular complexity index is 783. The quantitative estimate of drug-likeness (QED) is 0.528. The van der Waals surface area contributed by atoms with Gasteiger partial charge in [0.25, 0.3) is 0 Å². The Labute approximate surface area is 120 Å². The first-order chi connectivity index (χ1) is 9.79. The van der Waals surface area contributed by atoms with Crippen molar-refractivity contribution in [3.05, 3.63) is 58.1 Å². The van der Waals surface area contributed by atoms with Crippen LogP contribution in [0.1, 0.15) is 5.56 Å². The minimum absolute atomic E-state index is 0.0501. The van der Waals surface area contributed by atoms with E-state index in [0.29, 0.717) is 0 Å². The molecule has 7 nitrogen and oxygen atoms in total. The van der Waals surface area contributed by atoms with Gasteiger partial charge in [-0.05, 0) is 25.1 Å². The first-order valence-corrected chi connectivity index (χ1v) is 7.19. The SMILES string of the molecule is Cc1ccc(S(=O)(=O)Oc2ccc([N+](=O)[O-])c(O)c2)cc1. The van der Waals surface area contributed by atoms with Crippen LogP contribution in [-0.2, 0) is 10.1 Å². The molecule has 0 heterocycles. The van der Waals surface area contributed by atoms with Crippen molar-refractivity contribution in [1.82, 2.24) is 0 Å². The highest BCUT2D eigenvalue weighted by Crippen LogP contribution is 2.31. The zero-order valence-electron chi connectivity index (χ0n) is 10.9. The van der Waals surface area contributed by atoms with E-state index in [1.54, 1.807) is 12.1 Å². The summed E-state index contributed by atoms with van der Waals surface area (Å²) in [6.07, 6.45) is 0. The number of nitro benzene ring substituents is 1.